The van der Waals surface area contributed by atoms with Gasteiger partial charge in [-0.3, -0.25) is 4.79 Å². The van der Waals surface area contributed by atoms with Crippen molar-refractivity contribution in [2.45, 2.75) is 19.9 Å². The Kier molecular flexibility index (Phi) is 6.29. The fourth-order valence-electron chi connectivity index (χ4n) is 1.46. The molecule has 0 saturated carbocycles. The van der Waals surface area contributed by atoms with Gasteiger partial charge in [0.15, 0.2) is 6.61 Å². The van der Waals surface area contributed by atoms with Gasteiger partial charge in [-0.1, -0.05) is 41.4 Å². The number of hydrogen-bond acceptors (Lipinski definition) is 3. The maximum atomic E-state index is 11.7. The van der Waals surface area contributed by atoms with Gasteiger partial charge in [0.2, 0.25) is 0 Å². The number of nitrogens with one attached hydrogen (secondary N) is 1. The van der Waals surface area contributed by atoms with Crippen LogP contribution in [0.15, 0.2) is 22.7 Å². The molecular formula is C13H15BrClNO4. The second-order valence-corrected chi connectivity index (χ2v) is 5.81. The Bertz CT molecular complexity index is 507. The number of benzene rings is 1. The molecule has 110 valence electrons. The Morgan fingerprint density at radius 3 is 2.60 bits per heavy atom. The van der Waals surface area contributed by atoms with Crippen LogP contribution in [0, 0.1) is 5.92 Å². The Labute approximate surface area is 130 Å². The lowest BCUT2D eigenvalue weighted by Crippen LogP contribution is -2.46. The molecule has 0 aliphatic carbocycles. The molecular weight excluding hydrogens is 350 g/mol. The van der Waals surface area contributed by atoms with Crippen molar-refractivity contribution in [3.8, 4) is 5.75 Å². The maximum absolute atomic E-state index is 11.7. The van der Waals surface area contributed by atoms with Gasteiger partial charge >= 0.3 is 5.97 Å². The van der Waals surface area contributed by atoms with Gasteiger partial charge in [0.1, 0.15) is 11.8 Å². The second kappa shape index (κ2) is 7.50. The SMILES string of the molecule is CC(C)C(NC(=O)COc1ccc(Br)cc1Cl)C(=O)O. The van der Waals surface area contributed by atoms with Crippen LogP contribution in [0.3, 0.4) is 0 Å². The van der Waals surface area contributed by atoms with Crippen molar-refractivity contribution in [1.82, 2.24) is 5.32 Å². The molecule has 0 aliphatic heterocycles. The van der Waals surface area contributed by atoms with Crippen LogP contribution in [0.1, 0.15) is 13.8 Å². The minimum Gasteiger partial charge on any atom is -0.482 e. The zero-order valence-corrected chi connectivity index (χ0v) is 13.4. The Hall–Kier alpha value is -1.27. The topological polar surface area (TPSA) is 75.6 Å². The molecule has 1 rings (SSSR count). The predicted octanol–water partition coefficient (Wildman–Crippen LogP) is 2.71. The van der Waals surface area contributed by atoms with Crippen molar-refractivity contribution in [3.63, 3.8) is 0 Å². The summed E-state index contributed by atoms with van der Waals surface area (Å²) in [6, 6.07) is 4.05. The van der Waals surface area contributed by atoms with Gasteiger partial charge in [-0.15, -0.1) is 0 Å². The van der Waals surface area contributed by atoms with Crippen LogP contribution in [-0.2, 0) is 9.59 Å². The summed E-state index contributed by atoms with van der Waals surface area (Å²) in [5.41, 5.74) is 0. The number of rotatable bonds is 6. The number of carbonyl (C=O) groups excluding carboxylic acids is 1. The van der Waals surface area contributed by atoms with Crippen molar-refractivity contribution in [3.05, 3.63) is 27.7 Å². The standard InChI is InChI=1S/C13H15BrClNO4/c1-7(2)12(13(18)19)16-11(17)6-20-10-4-3-8(14)5-9(10)15/h3-5,7,12H,6H2,1-2H3,(H,16,17)(H,18,19). The van der Waals surface area contributed by atoms with Crippen molar-refractivity contribution in [2.75, 3.05) is 6.61 Å². The highest BCUT2D eigenvalue weighted by molar-refractivity contribution is 9.10. The number of carbonyl (C=O) groups is 2. The fourth-order valence-corrected chi connectivity index (χ4v) is 2.19. The molecule has 0 bridgehead atoms. The average Bonchev–Trinajstić information content (AvgIpc) is 2.34. The number of carboxylic acid groups (broad SMARTS) is 1. The van der Waals surface area contributed by atoms with Crippen LogP contribution in [0.4, 0.5) is 0 Å². The summed E-state index contributed by atoms with van der Waals surface area (Å²) in [6.07, 6.45) is 0. The number of hydrogen-bond donors (Lipinski definition) is 2. The number of carboxylic acids is 1. The minimum absolute atomic E-state index is 0.215. The second-order valence-electron chi connectivity index (χ2n) is 4.49. The Morgan fingerprint density at radius 1 is 1.45 bits per heavy atom. The van der Waals surface area contributed by atoms with E-state index in [1.54, 1.807) is 32.0 Å². The molecule has 0 saturated heterocycles. The van der Waals surface area contributed by atoms with Gasteiger partial charge in [-0.25, -0.2) is 4.79 Å². The quantitative estimate of drug-likeness (QED) is 0.814. The van der Waals surface area contributed by atoms with Crippen molar-refractivity contribution in [1.29, 1.82) is 0 Å². The van der Waals surface area contributed by atoms with Crippen molar-refractivity contribution in [2.24, 2.45) is 5.92 Å². The molecule has 0 radical (unpaired) electrons. The molecule has 5 nitrogen and oxygen atoms in total. The summed E-state index contributed by atoms with van der Waals surface area (Å²) < 4.78 is 6.05. The van der Waals surface area contributed by atoms with E-state index in [0.29, 0.717) is 10.8 Å². The number of ether oxygens (including phenoxy) is 1. The van der Waals surface area contributed by atoms with E-state index in [2.05, 4.69) is 21.2 Å². The summed E-state index contributed by atoms with van der Waals surface area (Å²) >= 11 is 9.20. The minimum atomic E-state index is -1.07. The molecule has 0 fully saturated rings. The highest BCUT2D eigenvalue weighted by Crippen LogP contribution is 2.27. The molecule has 1 aromatic carbocycles. The third-order valence-corrected chi connectivity index (χ3v) is 3.29. The zero-order valence-electron chi connectivity index (χ0n) is 11.0. The van der Waals surface area contributed by atoms with Crippen molar-refractivity contribution >= 4 is 39.4 Å². The van der Waals surface area contributed by atoms with Crippen LogP contribution >= 0.6 is 27.5 Å². The Morgan fingerprint density at radius 2 is 2.10 bits per heavy atom. The van der Waals surface area contributed by atoms with E-state index in [1.807, 2.05) is 0 Å². The largest absolute Gasteiger partial charge is 0.482 e. The summed E-state index contributed by atoms with van der Waals surface area (Å²) in [4.78, 5) is 22.6. The number of amides is 1. The lowest BCUT2D eigenvalue weighted by molar-refractivity contribution is -0.143. The lowest BCUT2D eigenvalue weighted by atomic mass is 10.1. The first-order valence-electron chi connectivity index (χ1n) is 5.91. The molecule has 1 aromatic rings. The molecule has 0 aromatic heterocycles. The van der Waals surface area contributed by atoms with E-state index < -0.39 is 17.9 Å². The first-order chi connectivity index (χ1) is 9.31. The third-order valence-electron chi connectivity index (χ3n) is 2.50. The first kappa shape index (κ1) is 16.8. The van der Waals surface area contributed by atoms with Crippen LogP contribution in [-0.4, -0.2) is 29.6 Å². The summed E-state index contributed by atoms with van der Waals surface area (Å²) in [5, 5.41) is 11.7. The molecule has 1 amide bonds. The smallest absolute Gasteiger partial charge is 0.326 e. The van der Waals surface area contributed by atoms with Gasteiger partial charge in [0.25, 0.3) is 5.91 Å². The predicted molar refractivity (Wildman–Crippen MR) is 79.1 cm³/mol. The van der Waals surface area contributed by atoms with Crippen LogP contribution < -0.4 is 10.1 Å². The van der Waals surface area contributed by atoms with Gasteiger partial charge in [0.05, 0.1) is 5.02 Å². The third kappa shape index (κ3) is 5.02. The van der Waals surface area contributed by atoms with Crippen LogP contribution in [0.25, 0.3) is 0 Å². The lowest BCUT2D eigenvalue weighted by Gasteiger charge is -2.18. The van der Waals surface area contributed by atoms with E-state index in [4.69, 9.17) is 21.4 Å². The normalized spacial score (nSPS) is 12.1. The van der Waals surface area contributed by atoms with Gasteiger partial charge in [0, 0.05) is 4.47 Å². The molecule has 7 heteroatoms. The molecule has 0 heterocycles. The monoisotopic (exact) mass is 363 g/mol. The molecule has 0 aliphatic rings. The average molecular weight is 365 g/mol. The number of halogens is 2. The van der Waals surface area contributed by atoms with E-state index in [-0.39, 0.29) is 12.5 Å². The van der Waals surface area contributed by atoms with Crippen LogP contribution in [0.5, 0.6) is 5.75 Å². The molecule has 0 spiro atoms. The van der Waals surface area contributed by atoms with E-state index in [0.717, 1.165) is 4.47 Å². The number of aliphatic carboxylic acids is 1. The van der Waals surface area contributed by atoms with E-state index >= 15 is 0 Å². The van der Waals surface area contributed by atoms with E-state index in [1.165, 1.54) is 0 Å². The van der Waals surface area contributed by atoms with Gasteiger partial charge in [-0.2, -0.15) is 0 Å². The highest BCUT2D eigenvalue weighted by atomic mass is 79.9. The van der Waals surface area contributed by atoms with Crippen LogP contribution in [0.2, 0.25) is 5.02 Å². The first-order valence-corrected chi connectivity index (χ1v) is 7.08. The Balaban J connectivity index is 2.57. The fraction of sp³-hybridized carbons (Fsp3) is 0.385. The summed E-state index contributed by atoms with van der Waals surface area (Å²) in [7, 11) is 0. The zero-order chi connectivity index (χ0) is 15.3. The maximum Gasteiger partial charge on any atom is 0.326 e. The van der Waals surface area contributed by atoms with E-state index in [9.17, 15) is 9.59 Å². The summed E-state index contributed by atoms with van der Waals surface area (Å²) in [5.74, 6) is -1.44. The highest BCUT2D eigenvalue weighted by Gasteiger charge is 2.23. The molecule has 2 N–H and O–H groups in total. The van der Waals surface area contributed by atoms with Gasteiger partial charge < -0.3 is 15.2 Å². The van der Waals surface area contributed by atoms with Gasteiger partial charge in [-0.05, 0) is 24.1 Å². The summed E-state index contributed by atoms with van der Waals surface area (Å²) in [6.45, 7) is 3.13. The molecule has 1 unspecified atom stereocenters. The van der Waals surface area contributed by atoms with Crippen molar-refractivity contribution < 1.29 is 19.4 Å². The molecule has 20 heavy (non-hydrogen) atoms. The molecule has 1 atom stereocenters.